The molecular weight excluding hydrogens is 376 g/mol. The third-order valence-electron chi connectivity index (χ3n) is 3.81. The van der Waals surface area contributed by atoms with Gasteiger partial charge in [0.1, 0.15) is 17.2 Å². The van der Waals surface area contributed by atoms with Crippen LogP contribution in [-0.4, -0.2) is 33.0 Å². The number of hydrogen-bond acceptors (Lipinski definition) is 7. The van der Waals surface area contributed by atoms with Gasteiger partial charge in [0.05, 0.1) is 22.8 Å². The summed E-state index contributed by atoms with van der Waals surface area (Å²) in [5, 5.41) is 5.91. The fourth-order valence-electron chi connectivity index (χ4n) is 2.36. The van der Waals surface area contributed by atoms with E-state index in [4.69, 9.17) is 16.3 Å². The molecule has 0 bridgehead atoms. The number of anilines is 1. The number of aromatic nitrogens is 3. The molecule has 0 aromatic carbocycles. The van der Waals surface area contributed by atoms with Gasteiger partial charge in [-0.2, -0.15) is 10.5 Å². The summed E-state index contributed by atoms with van der Waals surface area (Å²) in [6.07, 6.45) is 9.62. The van der Waals surface area contributed by atoms with Gasteiger partial charge in [-0.25, -0.2) is 4.98 Å². The minimum absolute atomic E-state index is 0.133. The highest BCUT2D eigenvalue weighted by Crippen LogP contribution is 2.27. The van der Waals surface area contributed by atoms with Crippen molar-refractivity contribution in [3.63, 3.8) is 0 Å². The van der Waals surface area contributed by atoms with Gasteiger partial charge in [0.15, 0.2) is 0 Å². The predicted molar refractivity (Wildman–Crippen MR) is 98.4 cm³/mol. The van der Waals surface area contributed by atoms with Crippen LogP contribution in [-0.2, 0) is 11.8 Å². The fraction of sp³-hybridized carbons (Fsp3) is 0.312. The predicted octanol–water partition coefficient (Wildman–Crippen LogP) is 2.25. The first-order valence-corrected chi connectivity index (χ1v) is 9.29. The molecule has 1 aliphatic carbocycles. The Morgan fingerprint density at radius 1 is 1.46 bits per heavy atom. The lowest BCUT2D eigenvalue weighted by Gasteiger charge is -2.19. The van der Waals surface area contributed by atoms with Crippen LogP contribution in [0.1, 0.15) is 23.2 Å². The number of nitrogens with zero attached hydrogens (tertiary/aromatic N) is 4. The van der Waals surface area contributed by atoms with Crippen molar-refractivity contribution in [2.75, 3.05) is 5.01 Å². The minimum Gasteiger partial charge on any atom is -0.355 e. The highest BCUT2D eigenvalue weighted by molar-refractivity contribution is 7.98. The standard InChI is InChI=1S/C16H17ClN6O2S/c1-22-9-11(8-18-22)26-21-16(24)12-4-5-13(19-15(12)17)23-7-6-14(20-23)25-10-2-3-10/h4-10,14,20H,2-3H2,1H3,(H,21,24). The van der Waals surface area contributed by atoms with Gasteiger partial charge in [0.2, 0.25) is 0 Å². The van der Waals surface area contributed by atoms with Crippen LogP contribution < -0.4 is 15.2 Å². The number of ether oxygens (including phenoxy) is 1. The number of carbonyl (C=O) groups is 1. The number of rotatable bonds is 6. The van der Waals surface area contributed by atoms with Crippen LogP contribution in [0.25, 0.3) is 0 Å². The summed E-state index contributed by atoms with van der Waals surface area (Å²) in [4.78, 5) is 17.4. The van der Waals surface area contributed by atoms with Crippen molar-refractivity contribution in [3.05, 3.63) is 47.5 Å². The molecular formula is C16H17ClN6O2S. The Kier molecular flexibility index (Phi) is 4.86. The number of nitrogens with one attached hydrogen (secondary N) is 2. The number of halogens is 1. The second kappa shape index (κ2) is 7.28. The molecule has 2 N–H and O–H groups in total. The molecule has 1 saturated carbocycles. The van der Waals surface area contributed by atoms with Crippen LogP contribution in [0.5, 0.6) is 0 Å². The molecule has 3 heterocycles. The summed E-state index contributed by atoms with van der Waals surface area (Å²) in [5.41, 5.74) is 3.47. The van der Waals surface area contributed by atoms with Crippen LogP contribution in [0.3, 0.4) is 0 Å². The molecule has 1 unspecified atom stereocenters. The van der Waals surface area contributed by atoms with Crippen LogP contribution in [0, 0.1) is 0 Å². The minimum atomic E-state index is -0.317. The van der Waals surface area contributed by atoms with E-state index >= 15 is 0 Å². The Morgan fingerprint density at radius 2 is 2.31 bits per heavy atom. The van der Waals surface area contributed by atoms with Gasteiger partial charge in [-0.3, -0.25) is 19.2 Å². The second-order valence-electron chi connectivity index (χ2n) is 5.99. The second-order valence-corrected chi connectivity index (χ2v) is 7.23. The number of carbonyl (C=O) groups excluding carboxylic acids is 1. The zero-order chi connectivity index (χ0) is 18.1. The van der Waals surface area contributed by atoms with Crippen molar-refractivity contribution in [2.45, 2.75) is 30.1 Å². The van der Waals surface area contributed by atoms with E-state index in [0.29, 0.717) is 17.5 Å². The number of pyridine rings is 1. The summed E-state index contributed by atoms with van der Waals surface area (Å²) in [6, 6.07) is 3.38. The lowest BCUT2D eigenvalue weighted by Crippen LogP contribution is -2.37. The molecule has 2 aromatic heterocycles. The Bertz CT molecular complexity index is 853. The zero-order valence-electron chi connectivity index (χ0n) is 13.9. The number of hydrazine groups is 1. The summed E-state index contributed by atoms with van der Waals surface area (Å²) in [7, 11) is 1.81. The van der Waals surface area contributed by atoms with Crippen LogP contribution in [0.2, 0.25) is 5.15 Å². The Hall–Kier alpha value is -2.07. The van der Waals surface area contributed by atoms with Gasteiger partial charge in [-0.1, -0.05) is 11.6 Å². The van der Waals surface area contributed by atoms with E-state index in [1.807, 2.05) is 19.3 Å². The van der Waals surface area contributed by atoms with E-state index in [1.54, 1.807) is 34.2 Å². The molecule has 1 atom stereocenters. The van der Waals surface area contributed by atoms with Gasteiger partial charge in [0.25, 0.3) is 5.91 Å². The Balaban J connectivity index is 1.37. The van der Waals surface area contributed by atoms with Gasteiger partial charge in [0, 0.05) is 19.4 Å². The number of amides is 1. The molecule has 26 heavy (non-hydrogen) atoms. The van der Waals surface area contributed by atoms with Crippen molar-refractivity contribution in [2.24, 2.45) is 7.05 Å². The van der Waals surface area contributed by atoms with Gasteiger partial charge >= 0.3 is 0 Å². The molecule has 8 nitrogen and oxygen atoms in total. The van der Waals surface area contributed by atoms with Crippen molar-refractivity contribution in [1.29, 1.82) is 0 Å². The van der Waals surface area contributed by atoms with Crippen molar-refractivity contribution in [3.8, 4) is 0 Å². The van der Waals surface area contributed by atoms with Gasteiger partial charge in [-0.05, 0) is 43.0 Å². The first-order valence-electron chi connectivity index (χ1n) is 8.10. The smallest absolute Gasteiger partial charge is 0.264 e. The highest BCUT2D eigenvalue weighted by atomic mass is 35.5. The molecule has 4 rings (SSSR count). The van der Waals surface area contributed by atoms with Crippen molar-refractivity contribution < 1.29 is 9.53 Å². The lowest BCUT2D eigenvalue weighted by molar-refractivity contribution is 0.0549. The molecule has 0 saturated heterocycles. The molecule has 1 aliphatic heterocycles. The Labute approximate surface area is 159 Å². The summed E-state index contributed by atoms with van der Waals surface area (Å²) in [6.45, 7) is 0. The first kappa shape index (κ1) is 17.3. The highest BCUT2D eigenvalue weighted by Gasteiger charge is 2.28. The summed E-state index contributed by atoms with van der Waals surface area (Å²) in [5.74, 6) is 0.271. The van der Waals surface area contributed by atoms with Gasteiger partial charge in [-0.15, -0.1) is 0 Å². The molecule has 136 valence electrons. The van der Waals surface area contributed by atoms with Gasteiger partial charge < -0.3 is 4.74 Å². The lowest BCUT2D eigenvalue weighted by atomic mass is 10.2. The monoisotopic (exact) mass is 392 g/mol. The normalized spacial score (nSPS) is 19.2. The van der Waals surface area contributed by atoms with E-state index in [2.05, 4.69) is 20.2 Å². The van der Waals surface area contributed by atoms with E-state index < -0.39 is 0 Å². The van der Waals surface area contributed by atoms with Crippen LogP contribution >= 0.6 is 23.5 Å². The van der Waals surface area contributed by atoms with E-state index in [1.165, 1.54) is 11.9 Å². The third-order valence-corrected chi connectivity index (χ3v) is 4.83. The molecule has 0 radical (unpaired) electrons. The summed E-state index contributed by atoms with van der Waals surface area (Å²) >= 11 is 7.39. The quantitative estimate of drug-likeness (QED) is 0.576. The maximum Gasteiger partial charge on any atom is 0.264 e. The van der Waals surface area contributed by atoms with Crippen molar-refractivity contribution in [1.82, 2.24) is 24.9 Å². The molecule has 2 aromatic rings. The SMILES string of the molecule is Cn1cc(SNC(=O)c2ccc(N3C=CC(OC4CC4)N3)nc2Cl)cn1. The fourth-order valence-corrected chi connectivity index (χ4v) is 3.22. The van der Waals surface area contributed by atoms with Crippen molar-refractivity contribution >= 4 is 35.3 Å². The largest absolute Gasteiger partial charge is 0.355 e. The average molecular weight is 393 g/mol. The number of aryl methyl sites for hydroxylation is 1. The molecule has 1 amide bonds. The molecule has 0 spiro atoms. The maximum atomic E-state index is 12.3. The number of hydrogen-bond donors (Lipinski definition) is 2. The van der Waals surface area contributed by atoms with E-state index in [9.17, 15) is 4.79 Å². The third kappa shape index (κ3) is 4.01. The first-order chi connectivity index (χ1) is 12.6. The Morgan fingerprint density at radius 3 is 3.00 bits per heavy atom. The topological polar surface area (TPSA) is 84.3 Å². The molecule has 10 heteroatoms. The van der Waals surface area contributed by atoms with E-state index in [0.717, 1.165) is 17.7 Å². The van der Waals surface area contributed by atoms with Crippen LogP contribution in [0.15, 0.2) is 41.7 Å². The average Bonchev–Trinajstić information content (AvgIpc) is 3.14. The van der Waals surface area contributed by atoms with Crippen LogP contribution in [0.4, 0.5) is 5.82 Å². The summed E-state index contributed by atoms with van der Waals surface area (Å²) < 4.78 is 10.2. The van der Waals surface area contributed by atoms with E-state index in [-0.39, 0.29) is 17.3 Å². The zero-order valence-corrected chi connectivity index (χ0v) is 15.5. The maximum absolute atomic E-state index is 12.3. The molecule has 2 aliphatic rings. The molecule has 1 fully saturated rings.